The van der Waals surface area contributed by atoms with E-state index in [1.54, 1.807) is 0 Å². The summed E-state index contributed by atoms with van der Waals surface area (Å²) in [4.78, 5) is 13.3. The van der Waals surface area contributed by atoms with Crippen molar-refractivity contribution in [3.05, 3.63) is 11.8 Å². The normalized spacial score (nSPS) is 28.6. The van der Waals surface area contributed by atoms with E-state index in [4.69, 9.17) is 0 Å². The molecule has 1 rings (SSSR count). The van der Waals surface area contributed by atoms with Gasteiger partial charge in [0.2, 0.25) is 5.91 Å². The van der Waals surface area contributed by atoms with Crippen molar-refractivity contribution in [2.75, 3.05) is 6.54 Å². The van der Waals surface area contributed by atoms with Crippen molar-refractivity contribution in [1.82, 2.24) is 4.90 Å². The lowest BCUT2D eigenvalue weighted by atomic mass is 10.1. The summed E-state index contributed by atoms with van der Waals surface area (Å²) in [6.45, 7) is 6.80. The number of rotatable bonds is 1. The predicted octanol–water partition coefficient (Wildman–Crippen LogP) is 1.78. The van der Waals surface area contributed by atoms with Gasteiger partial charge >= 0.3 is 0 Å². The first-order valence-electron chi connectivity index (χ1n) is 4.17. The highest BCUT2D eigenvalue weighted by Gasteiger charge is 2.30. The number of likely N-dealkylation sites (tertiary alicyclic amines) is 1. The van der Waals surface area contributed by atoms with Gasteiger partial charge in [0.05, 0.1) is 0 Å². The van der Waals surface area contributed by atoms with E-state index in [0.717, 1.165) is 13.0 Å². The Balaban J connectivity index is 2.81. The molecule has 0 N–H and O–H groups in total. The van der Waals surface area contributed by atoms with Crippen molar-refractivity contribution in [3.63, 3.8) is 0 Å². The van der Waals surface area contributed by atoms with Crippen molar-refractivity contribution in [1.29, 1.82) is 0 Å². The van der Waals surface area contributed by atoms with Crippen LogP contribution in [-0.2, 0) is 4.79 Å². The minimum atomic E-state index is 0.196. The molecular formula is C9H15NO. The Bertz CT molecular complexity index is 196. The number of nitrogens with zero attached hydrogens (tertiary/aromatic N) is 1. The molecule has 0 spiro atoms. The first kappa shape index (κ1) is 8.31. The van der Waals surface area contributed by atoms with Crippen LogP contribution in [-0.4, -0.2) is 17.4 Å². The highest BCUT2D eigenvalue weighted by molar-refractivity contribution is 5.83. The van der Waals surface area contributed by atoms with Gasteiger partial charge in [-0.15, -0.1) is 0 Å². The second-order valence-corrected chi connectivity index (χ2v) is 2.97. The Morgan fingerprint density at radius 3 is 2.73 bits per heavy atom. The molecule has 11 heavy (non-hydrogen) atoms. The van der Waals surface area contributed by atoms with Crippen LogP contribution in [0.25, 0.3) is 0 Å². The number of carbonyl (C=O) groups is 1. The number of amides is 1. The molecular weight excluding hydrogens is 138 g/mol. The quantitative estimate of drug-likeness (QED) is 0.562. The van der Waals surface area contributed by atoms with Gasteiger partial charge in [-0.2, -0.15) is 0 Å². The third kappa shape index (κ3) is 1.30. The fraction of sp³-hybridized carbons (Fsp3) is 0.667. The maximum absolute atomic E-state index is 11.4. The van der Waals surface area contributed by atoms with Crippen LogP contribution < -0.4 is 0 Å². The van der Waals surface area contributed by atoms with Crippen LogP contribution >= 0.6 is 0 Å². The Kier molecular flexibility index (Phi) is 2.32. The molecule has 0 bridgehead atoms. The van der Waals surface area contributed by atoms with E-state index >= 15 is 0 Å². The van der Waals surface area contributed by atoms with Crippen molar-refractivity contribution in [3.8, 4) is 0 Å². The van der Waals surface area contributed by atoms with Crippen LogP contribution in [0.1, 0.15) is 27.2 Å². The van der Waals surface area contributed by atoms with Gasteiger partial charge in [-0.3, -0.25) is 4.79 Å². The zero-order chi connectivity index (χ0) is 8.43. The zero-order valence-electron chi connectivity index (χ0n) is 7.42. The zero-order valence-corrected chi connectivity index (χ0v) is 7.42. The molecule has 1 unspecified atom stereocenters. The first-order valence-corrected chi connectivity index (χ1v) is 4.17. The van der Waals surface area contributed by atoms with Crippen molar-refractivity contribution >= 4 is 5.91 Å². The van der Waals surface area contributed by atoms with Gasteiger partial charge in [0, 0.05) is 18.2 Å². The van der Waals surface area contributed by atoms with Gasteiger partial charge in [-0.1, -0.05) is 13.0 Å². The molecule has 62 valence electrons. The van der Waals surface area contributed by atoms with Crippen LogP contribution in [0.4, 0.5) is 0 Å². The summed E-state index contributed by atoms with van der Waals surface area (Å²) in [6, 6.07) is 0. The summed E-state index contributed by atoms with van der Waals surface area (Å²) in [6.07, 6.45) is 2.95. The van der Waals surface area contributed by atoms with Crippen LogP contribution in [0, 0.1) is 5.92 Å². The summed E-state index contributed by atoms with van der Waals surface area (Å²) >= 11 is 0. The molecule has 1 fully saturated rings. The topological polar surface area (TPSA) is 20.3 Å². The summed E-state index contributed by atoms with van der Waals surface area (Å²) in [7, 11) is 0. The number of carbonyl (C=O) groups excluding carboxylic acids is 1. The summed E-state index contributed by atoms with van der Waals surface area (Å²) in [5.41, 5.74) is 1.19. The standard InChI is InChI=1S/C9H15NO/c1-4-8-6-7(3)9(11)10(8)5-2/h4,7H,5-6H2,1-3H3. The van der Waals surface area contributed by atoms with Crippen molar-refractivity contribution in [2.45, 2.75) is 27.2 Å². The van der Waals surface area contributed by atoms with Gasteiger partial charge in [0.25, 0.3) is 0 Å². The molecule has 1 atom stereocenters. The predicted molar refractivity (Wildman–Crippen MR) is 44.9 cm³/mol. The summed E-state index contributed by atoms with van der Waals surface area (Å²) < 4.78 is 0. The summed E-state index contributed by atoms with van der Waals surface area (Å²) in [5, 5.41) is 0. The lowest BCUT2D eigenvalue weighted by molar-refractivity contribution is -0.129. The molecule has 1 aliphatic heterocycles. The molecule has 1 saturated heterocycles. The largest absolute Gasteiger partial charge is 0.317 e. The maximum Gasteiger partial charge on any atom is 0.229 e. The maximum atomic E-state index is 11.4. The molecule has 0 aromatic carbocycles. The van der Waals surface area contributed by atoms with E-state index in [1.807, 2.05) is 31.7 Å². The average molecular weight is 153 g/mol. The smallest absolute Gasteiger partial charge is 0.229 e. The Labute approximate surface area is 67.9 Å². The lowest BCUT2D eigenvalue weighted by Crippen LogP contribution is -2.24. The number of hydrogen-bond donors (Lipinski definition) is 0. The first-order chi connectivity index (χ1) is 5.20. The van der Waals surface area contributed by atoms with Crippen LogP contribution in [0.3, 0.4) is 0 Å². The second-order valence-electron chi connectivity index (χ2n) is 2.97. The minimum Gasteiger partial charge on any atom is -0.317 e. The van der Waals surface area contributed by atoms with Gasteiger partial charge in [-0.05, 0) is 20.3 Å². The molecule has 0 radical (unpaired) electrons. The second kappa shape index (κ2) is 3.07. The molecule has 1 aliphatic rings. The van der Waals surface area contributed by atoms with Gasteiger partial charge in [0.1, 0.15) is 0 Å². The lowest BCUT2D eigenvalue weighted by Gasteiger charge is -2.14. The van der Waals surface area contributed by atoms with E-state index in [-0.39, 0.29) is 11.8 Å². The number of allylic oxidation sites excluding steroid dienone is 2. The van der Waals surface area contributed by atoms with Crippen LogP contribution in [0.15, 0.2) is 11.8 Å². The highest BCUT2D eigenvalue weighted by Crippen LogP contribution is 2.26. The Hall–Kier alpha value is -0.790. The summed E-state index contributed by atoms with van der Waals surface area (Å²) in [5.74, 6) is 0.474. The minimum absolute atomic E-state index is 0.196. The van der Waals surface area contributed by atoms with E-state index in [2.05, 4.69) is 0 Å². The van der Waals surface area contributed by atoms with E-state index in [9.17, 15) is 4.79 Å². The fourth-order valence-corrected chi connectivity index (χ4v) is 1.55. The monoisotopic (exact) mass is 153 g/mol. The Morgan fingerprint density at radius 2 is 2.36 bits per heavy atom. The number of hydrogen-bond acceptors (Lipinski definition) is 1. The van der Waals surface area contributed by atoms with Crippen LogP contribution in [0.2, 0.25) is 0 Å². The van der Waals surface area contributed by atoms with Crippen LogP contribution in [0.5, 0.6) is 0 Å². The van der Waals surface area contributed by atoms with Crippen molar-refractivity contribution < 1.29 is 4.79 Å². The van der Waals surface area contributed by atoms with E-state index in [1.165, 1.54) is 5.70 Å². The van der Waals surface area contributed by atoms with Gasteiger partial charge < -0.3 is 4.90 Å². The molecule has 0 saturated carbocycles. The fourth-order valence-electron chi connectivity index (χ4n) is 1.55. The average Bonchev–Trinajstić information content (AvgIpc) is 2.28. The molecule has 0 aromatic heterocycles. The Morgan fingerprint density at radius 1 is 1.73 bits per heavy atom. The highest BCUT2D eigenvalue weighted by atomic mass is 16.2. The third-order valence-corrected chi connectivity index (χ3v) is 2.20. The molecule has 2 heteroatoms. The van der Waals surface area contributed by atoms with Gasteiger partial charge in [0.15, 0.2) is 0 Å². The molecule has 1 heterocycles. The van der Waals surface area contributed by atoms with Gasteiger partial charge in [-0.25, -0.2) is 0 Å². The third-order valence-electron chi connectivity index (χ3n) is 2.20. The SMILES string of the molecule is CC=C1CC(C)C(=O)N1CC. The molecule has 0 aliphatic carbocycles. The molecule has 1 amide bonds. The van der Waals surface area contributed by atoms with E-state index in [0.29, 0.717) is 0 Å². The van der Waals surface area contributed by atoms with E-state index < -0.39 is 0 Å². The molecule has 0 aromatic rings. The molecule has 2 nitrogen and oxygen atoms in total. The van der Waals surface area contributed by atoms with Crippen molar-refractivity contribution in [2.24, 2.45) is 5.92 Å².